The van der Waals surface area contributed by atoms with Crippen LogP contribution in [0.25, 0.3) is 0 Å². The molecule has 2 aromatic rings. The molecule has 0 N–H and O–H groups in total. The summed E-state index contributed by atoms with van der Waals surface area (Å²) in [5.74, 6) is 1.12. The fourth-order valence-corrected chi connectivity index (χ4v) is 2.73. The molecule has 0 spiro atoms. The molecule has 1 fully saturated rings. The number of likely N-dealkylation sites (tertiary alicyclic amines) is 1. The maximum atomic E-state index is 12.7. The smallest absolute Gasteiger partial charge is 0.256 e. The van der Waals surface area contributed by atoms with E-state index in [0.29, 0.717) is 23.8 Å². The van der Waals surface area contributed by atoms with E-state index < -0.39 is 0 Å². The predicted octanol–water partition coefficient (Wildman–Crippen LogP) is 2.53. The van der Waals surface area contributed by atoms with Crippen LogP contribution in [0.5, 0.6) is 0 Å². The van der Waals surface area contributed by atoms with Crippen LogP contribution in [0.15, 0.2) is 29.0 Å². The summed E-state index contributed by atoms with van der Waals surface area (Å²) >= 11 is 0. The standard InChI is InChI=1S/C15H18N4O2/c1-11-17-14(18-21-11)13-7-3-2-4-9-19(13)15(20)12-6-5-8-16-10-12/h5-6,8,10,13H,2-4,7,9H2,1H3. The summed E-state index contributed by atoms with van der Waals surface area (Å²) < 4.78 is 5.08. The van der Waals surface area contributed by atoms with Gasteiger partial charge in [0.1, 0.15) is 0 Å². The van der Waals surface area contributed by atoms with E-state index in [1.807, 2.05) is 4.90 Å². The molecule has 1 saturated heterocycles. The van der Waals surface area contributed by atoms with Gasteiger partial charge in [0.05, 0.1) is 11.6 Å². The fourth-order valence-electron chi connectivity index (χ4n) is 2.73. The number of amides is 1. The average Bonchev–Trinajstić information content (AvgIpc) is 2.80. The van der Waals surface area contributed by atoms with E-state index in [0.717, 1.165) is 25.7 Å². The first-order valence-electron chi connectivity index (χ1n) is 7.27. The molecule has 1 amide bonds. The topological polar surface area (TPSA) is 72.1 Å². The molecule has 0 aromatic carbocycles. The number of pyridine rings is 1. The summed E-state index contributed by atoms with van der Waals surface area (Å²) in [6, 6.07) is 3.45. The van der Waals surface area contributed by atoms with E-state index in [2.05, 4.69) is 15.1 Å². The van der Waals surface area contributed by atoms with Gasteiger partial charge in [-0.15, -0.1) is 0 Å². The summed E-state index contributed by atoms with van der Waals surface area (Å²) in [7, 11) is 0. The molecule has 21 heavy (non-hydrogen) atoms. The van der Waals surface area contributed by atoms with Crippen LogP contribution in [-0.4, -0.2) is 32.5 Å². The van der Waals surface area contributed by atoms with E-state index in [9.17, 15) is 4.79 Å². The second-order valence-electron chi connectivity index (χ2n) is 5.28. The molecule has 3 heterocycles. The van der Waals surface area contributed by atoms with Gasteiger partial charge in [0.25, 0.3) is 5.91 Å². The highest BCUT2D eigenvalue weighted by atomic mass is 16.5. The monoisotopic (exact) mass is 286 g/mol. The molecule has 1 unspecified atom stereocenters. The molecule has 110 valence electrons. The number of aryl methyl sites for hydroxylation is 1. The van der Waals surface area contributed by atoms with Crippen molar-refractivity contribution in [3.63, 3.8) is 0 Å². The van der Waals surface area contributed by atoms with Gasteiger partial charge in [0.15, 0.2) is 5.82 Å². The van der Waals surface area contributed by atoms with Gasteiger partial charge in [0, 0.05) is 25.9 Å². The number of carbonyl (C=O) groups excluding carboxylic acids is 1. The van der Waals surface area contributed by atoms with Gasteiger partial charge in [0.2, 0.25) is 5.89 Å². The van der Waals surface area contributed by atoms with Crippen LogP contribution >= 0.6 is 0 Å². The minimum atomic E-state index is -0.113. The van der Waals surface area contributed by atoms with E-state index >= 15 is 0 Å². The number of hydrogen-bond acceptors (Lipinski definition) is 5. The van der Waals surface area contributed by atoms with Crippen LogP contribution in [0.3, 0.4) is 0 Å². The lowest BCUT2D eigenvalue weighted by Gasteiger charge is -2.27. The van der Waals surface area contributed by atoms with E-state index in [1.54, 1.807) is 31.5 Å². The Bertz CT molecular complexity index is 611. The molecule has 0 bridgehead atoms. The first kappa shape index (κ1) is 13.7. The quantitative estimate of drug-likeness (QED) is 0.848. The normalized spacial score (nSPS) is 19.3. The zero-order valence-corrected chi connectivity index (χ0v) is 12.0. The van der Waals surface area contributed by atoms with E-state index in [4.69, 9.17) is 4.52 Å². The molecule has 1 aliphatic heterocycles. The number of hydrogen-bond donors (Lipinski definition) is 0. The average molecular weight is 286 g/mol. The SMILES string of the molecule is Cc1nc(C2CCCCCN2C(=O)c2cccnc2)no1. The van der Waals surface area contributed by atoms with E-state index in [1.165, 1.54) is 0 Å². The summed E-state index contributed by atoms with van der Waals surface area (Å²) in [5.41, 5.74) is 0.601. The molecule has 0 aliphatic carbocycles. The number of aromatic nitrogens is 3. The van der Waals surface area contributed by atoms with Crippen molar-refractivity contribution < 1.29 is 9.32 Å². The molecule has 1 aliphatic rings. The lowest BCUT2D eigenvalue weighted by atomic mass is 10.1. The molecule has 3 rings (SSSR count). The highest BCUT2D eigenvalue weighted by Crippen LogP contribution is 2.29. The van der Waals surface area contributed by atoms with Crippen LogP contribution in [0.1, 0.15) is 53.8 Å². The van der Waals surface area contributed by atoms with Crippen molar-refractivity contribution >= 4 is 5.91 Å². The number of nitrogens with zero attached hydrogens (tertiary/aromatic N) is 4. The molecular weight excluding hydrogens is 268 g/mol. The third-order valence-corrected chi connectivity index (χ3v) is 3.76. The zero-order valence-electron chi connectivity index (χ0n) is 12.0. The lowest BCUT2D eigenvalue weighted by molar-refractivity contribution is 0.0670. The summed E-state index contributed by atoms with van der Waals surface area (Å²) in [4.78, 5) is 22.9. The van der Waals surface area contributed by atoms with Gasteiger partial charge in [-0.2, -0.15) is 4.98 Å². The van der Waals surface area contributed by atoms with Crippen LogP contribution in [0.4, 0.5) is 0 Å². The van der Waals surface area contributed by atoms with Gasteiger partial charge in [-0.05, 0) is 25.0 Å². The van der Waals surface area contributed by atoms with Gasteiger partial charge >= 0.3 is 0 Å². The molecular formula is C15H18N4O2. The Labute approximate surface area is 123 Å². The second-order valence-corrected chi connectivity index (χ2v) is 5.28. The van der Waals surface area contributed by atoms with Gasteiger partial charge in [-0.25, -0.2) is 0 Å². The Morgan fingerprint density at radius 2 is 2.29 bits per heavy atom. The third kappa shape index (κ3) is 2.94. The molecule has 6 nitrogen and oxygen atoms in total. The van der Waals surface area contributed by atoms with E-state index in [-0.39, 0.29) is 11.9 Å². The Morgan fingerprint density at radius 3 is 3.00 bits per heavy atom. The summed E-state index contributed by atoms with van der Waals surface area (Å²) in [5, 5.41) is 4.01. The summed E-state index contributed by atoms with van der Waals surface area (Å²) in [6.45, 7) is 2.48. The Kier molecular flexibility index (Phi) is 3.94. The maximum absolute atomic E-state index is 12.7. The molecule has 1 atom stereocenters. The predicted molar refractivity (Wildman–Crippen MR) is 75.5 cm³/mol. The largest absolute Gasteiger partial charge is 0.340 e. The first-order chi connectivity index (χ1) is 10.3. The third-order valence-electron chi connectivity index (χ3n) is 3.76. The zero-order chi connectivity index (χ0) is 14.7. The number of rotatable bonds is 2. The Balaban J connectivity index is 1.90. The van der Waals surface area contributed by atoms with Crippen LogP contribution in [0.2, 0.25) is 0 Å². The first-order valence-corrected chi connectivity index (χ1v) is 7.27. The Morgan fingerprint density at radius 1 is 1.38 bits per heavy atom. The van der Waals surface area contributed by atoms with Gasteiger partial charge in [-0.3, -0.25) is 9.78 Å². The van der Waals surface area contributed by atoms with Crippen molar-refractivity contribution in [2.75, 3.05) is 6.54 Å². The van der Waals surface area contributed by atoms with Gasteiger partial charge < -0.3 is 9.42 Å². The fraction of sp³-hybridized carbons (Fsp3) is 0.467. The van der Waals surface area contributed by atoms with Gasteiger partial charge in [-0.1, -0.05) is 18.0 Å². The minimum Gasteiger partial charge on any atom is -0.340 e. The maximum Gasteiger partial charge on any atom is 0.256 e. The van der Waals surface area contributed by atoms with Crippen LogP contribution in [-0.2, 0) is 0 Å². The van der Waals surface area contributed by atoms with Crippen molar-refractivity contribution in [1.29, 1.82) is 0 Å². The summed E-state index contributed by atoms with van der Waals surface area (Å²) in [6.07, 6.45) is 7.31. The van der Waals surface area contributed by atoms with Crippen molar-refractivity contribution in [3.8, 4) is 0 Å². The Hall–Kier alpha value is -2.24. The van der Waals surface area contributed by atoms with Crippen LogP contribution in [0, 0.1) is 6.92 Å². The molecule has 0 radical (unpaired) electrons. The second kappa shape index (κ2) is 6.03. The molecule has 2 aromatic heterocycles. The van der Waals surface area contributed by atoms with Crippen LogP contribution < -0.4 is 0 Å². The minimum absolute atomic E-state index is 0.0162. The van der Waals surface area contributed by atoms with Crippen molar-refractivity contribution in [2.24, 2.45) is 0 Å². The highest BCUT2D eigenvalue weighted by Gasteiger charge is 2.30. The van der Waals surface area contributed by atoms with Crippen molar-refractivity contribution in [1.82, 2.24) is 20.0 Å². The molecule has 6 heteroatoms. The van der Waals surface area contributed by atoms with Crippen molar-refractivity contribution in [3.05, 3.63) is 41.8 Å². The highest BCUT2D eigenvalue weighted by molar-refractivity contribution is 5.94. The number of carbonyl (C=O) groups is 1. The van der Waals surface area contributed by atoms with Crippen molar-refractivity contribution in [2.45, 2.75) is 38.6 Å². The molecule has 0 saturated carbocycles. The lowest BCUT2D eigenvalue weighted by Crippen LogP contribution is -2.35.